The van der Waals surface area contributed by atoms with Crippen LogP contribution in [0.5, 0.6) is 11.5 Å². The van der Waals surface area contributed by atoms with Gasteiger partial charge in [0.25, 0.3) is 0 Å². The predicted molar refractivity (Wildman–Crippen MR) is 111 cm³/mol. The SMILES string of the molecule is COc1ccccc1N1C[C@@]23C=C[C@H](O2)[C@@H](C(=O)Nc2ccc(OC(F)(F)F)cc2)[C@@H]3C1=O. The van der Waals surface area contributed by atoms with Gasteiger partial charge in [0.15, 0.2) is 0 Å². The summed E-state index contributed by atoms with van der Waals surface area (Å²) in [4.78, 5) is 28.1. The van der Waals surface area contributed by atoms with Crippen LogP contribution in [0, 0.1) is 11.8 Å². The fraction of sp³-hybridized carbons (Fsp3) is 0.304. The number of benzene rings is 2. The Hall–Kier alpha value is -3.53. The molecule has 2 bridgehead atoms. The van der Waals surface area contributed by atoms with Gasteiger partial charge >= 0.3 is 6.36 Å². The van der Waals surface area contributed by atoms with Gasteiger partial charge in [-0.1, -0.05) is 24.3 Å². The summed E-state index contributed by atoms with van der Waals surface area (Å²) >= 11 is 0. The van der Waals surface area contributed by atoms with Gasteiger partial charge in [0, 0.05) is 5.69 Å². The average molecular weight is 460 g/mol. The predicted octanol–water partition coefficient (Wildman–Crippen LogP) is 3.52. The molecule has 0 unspecified atom stereocenters. The summed E-state index contributed by atoms with van der Waals surface area (Å²) in [6, 6.07) is 11.9. The number of methoxy groups -OCH3 is 1. The highest BCUT2D eigenvalue weighted by Gasteiger charge is 2.67. The first-order valence-electron chi connectivity index (χ1n) is 10.2. The van der Waals surface area contributed by atoms with Gasteiger partial charge in [0.1, 0.15) is 17.1 Å². The molecule has 10 heteroatoms. The number of halogens is 3. The van der Waals surface area contributed by atoms with Crippen LogP contribution in [0.3, 0.4) is 0 Å². The minimum atomic E-state index is -4.80. The van der Waals surface area contributed by atoms with E-state index in [9.17, 15) is 22.8 Å². The molecule has 3 aliphatic rings. The van der Waals surface area contributed by atoms with Crippen molar-refractivity contribution in [2.75, 3.05) is 23.9 Å². The van der Waals surface area contributed by atoms with Gasteiger partial charge in [-0.2, -0.15) is 0 Å². The Kier molecular flexibility index (Phi) is 4.86. The molecule has 5 rings (SSSR count). The number of hydrogen-bond acceptors (Lipinski definition) is 5. The lowest BCUT2D eigenvalue weighted by Gasteiger charge is -2.23. The third-order valence-corrected chi connectivity index (χ3v) is 6.13. The Morgan fingerprint density at radius 3 is 2.61 bits per heavy atom. The number of para-hydroxylation sites is 2. The van der Waals surface area contributed by atoms with Crippen molar-refractivity contribution in [2.24, 2.45) is 11.8 Å². The first-order chi connectivity index (χ1) is 15.7. The topological polar surface area (TPSA) is 77.1 Å². The molecule has 2 saturated heterocycles. The molecule has 0 aromatic heterocycles. The Balaban J connectivity index is 1.36. The van der Waals surface area contributed by atoms with Crippen LogP contribution < -0.4 is 19.7 Å². The number of nitrogens with one attached hydrogen (secondary N) is 1. The normalized spacial score (nSPS) is 27.6. The quantitative estimate of drug-likeness (QED) is 0.691. The third-order valence-electron chi connectivity index (χ3n) is 6.13. The van der Waals surface area contributed by atoms with Crippen molar-refractivity contribution in [3.8, 4) is 11.5 Å². The van der Waals surface area contributed by atoms with Gasteiger partial charge in [0.05, 0.1) is 37.3 Å². The monoisotopic (exact) mass is 460 g/mol. The highest BCUT2D eigenvalue weighted by atomic mass is 19.4. The number of fused-ring (bicyclic) bond motifs is 1. The van der Waals surface area contributed by atoms with Crippen molar-refractivity contribution in [1.29, 1.82) is 0 Å². The maximum atomic E-state index is 13.4. The largest absolute Gasteiger partial charge is 0.573 e. The minimum Gasteiger partial charge on any atom is -0.495 e. The van der Waals surface area contributed by atoms with Crippen LogP contribution in [0.25, 0.3) is 0 Å². The fourth-order valence-electron chi connectivity index (χ4n) is 4.82. The van der Waals surface area contributed by atoms with Crippen LogP contribution in [-0.4, -0.2) is 43.5 Å². The number of ether oxygens (including phenoxy) is 3. The Bertz CT molecular complexity index is 1130. The van der Waals surface area contributed by atoms with E-state index in [2.05, 4.69) is 10.1 Å². The Morgan fingerprint density at radius 2 is 1.91 bits per heavy atom. The lowest BCUT2D eigenvalue weighted by Crippen LogP contribution is -2.41. The number of hydrogen-bond donors (Lipinski definition) is 1. The maximum absolute atomic E-state index is 13.4. The number of anilines is 2. The van der Waals surface area contributed by atoms with E-state index in [1.165, 1.54) is 19.2 Å². The van der Waals surface area contributed by atoms with Gasteiger partial charge in [0.2, 0.25) is 11.8 Å². The molecule has 33 heavy (non-hydrogen) atoms. The van der Waals surface area contributed by atoms with Gasteiger partial charge in [-0.25, -0.2) is 0 Å². The molecule has 172 valence electrons. The molecule has 0 radical (unpaired) electrons. The Labute approximate surface area is 186 Å². The van der Waals surface area contributed by atoms with E-state index in [0.29, 0.717) is 11.4 Å². The van der Waals surface area contributed by atoms with E-state index >= 15 is 0 Å². The molecule has 1 N–H and O–H groups in total. The van der Waals surface area contributed by atoms with Crippen molar-refractivity contribution in [2.45, 2.75) is 18.1 Å². The maximum Gasteiger partial charge on any atom is 0.573 e. The van der Waals surface area contributed by atoms with E-state index in [4.69, 9.17) is 9.47 Å². The standard InChI is InChI=1S/C23H19F3N2O5/c1-31-16-5-3-2-4-15(16)28-12-22-11-10-17(33-22)18(19(22)21(28)30)20(29)27-13-6-8-14(9-7-13)32-23(24,25)26/h2-11,17-19H,12H2,1H3,(H,27,29)/t17-,18+,19+,22+/m0/s1. The summed E-state index contributed by atoms with van der Waals surface area (Å²) in [5.41, 5.74) is -0.0503. The van der Waals surface area contributed by atoms with E-state index in [1.807, 2.05) is 6.08 Å². The average Bonchev–Trinajstić information content (AvgIpc) is 3.42. The first-order valence-corrected chi connectivity index (χ1v) is 10.2. The molecule has 1 spiro atoms. The van der Waals surface area contributed by atoms with Crippen LogP contribution in [-0.2, 0) is 14.3 Å². The molecule has 2 fully saturated rings. The van der Waals surface area contributed by atoms with Crippen molar-refractivity contribution >= 4 is 23.2 Å². The smallest absolute Gasteiger partial charge is 0.495 e. The van der Waals surface area contributed by atoms with Crippen LogP contribution in [0.15, 0.2) is 60.7 Å². The van der Waals surface area contributed by atoms with Crippen molar-refractivity contribution in [3.05, 3.63) is 60.7 Å². The van der Waals surface area contributed by atoms with Crippen molar-refractivity contribution in [3.63, 3.8) is 0 Å². The van der Waals surface area contributed by atoms with E-state index in [1.54, 1.807) is 35.2 Å². The van der Waals surface area contributed by atoms with Crippen LogP contribution in [0.2, 0.25) is 0 Å². The number of carbonyl (C=O) groups is 2. The van der Waals surface area contributed by atoms with Gasteiger partial charge in [-0.15, -0.1) is 13.2 Å². The fourth-order valence-corrected chi connectivity index (χ4v) is 4.82. The first kappa shape index (κ1) is 21.3. The van der Waals surface area contributed by atoms with E-state index < -0.39 is 41.6 Å². The second kappa shape index (κ2) is 7.51. The molecular formula is C23H19F3N2O5. The third kappa shape index (κ3) is 3.60. The molecule has 3 heterocycles. The number of alkyl halides is 3. The van der Waals surface area contributed by atoms with Gasteiger partial charge < -0.3 is 24.4 Å². The molecule has 2 aromatic carbocycles. The molecule has 0 aliphatic carbocycles. The van der Waals surface area contributed by atoms with Crippen LogP contribution in [0.4, 0.5) is 24.5 Å². The second-order valence-corrected chi connectivity index (χ2v) is 8.06. The summed E-state index contributed by atoms with van der Waals surface area (Å²) in [5.74, 6) is -2.08. The van der Waals surface area contributed by atoms with Crippen LogP contribution >= 0.6 is 0 Å². The van der Waals surface area contributed by atoms with Crippen LogP contribution in [0.1, 0.15) is 0 Å². The summed E-state index contributed by atoms with van der Waals surface area (Å²) in [6.07, 6.45) is -1.75. The molecule has 7 nitrogen and oxygen atoms in total. The van der Waals surface area contributed by atoms with Gasteiger partial charge in [-0.05, 0) is 36.4 Å². The molecular weight excluding hydrogens is 441 g/mol. The molecule has 4 atom stereocenters. The molecule has 3 aliphatic heterocycles. The molecule has 2 aromatic rings. The second-order valence-electron chi connectivity index (χ2n) is 8.06. The zero-order valence-corrected chi connectivity index (χ0v) is 17.3. The van der Waals surface area contributed by atoms with Gasteiger partial charge in [-0.3, -0.25) is 9.59 Å². The number of nitrogens with zero attached hydrogens (tertiary/aromatic N) is 1. The van der Waals surface area contributed by atoms with Crippen molar-refractivity contribution in [1.82, 2.24) is 0 Å². The number of carbonyl (C=O) groups excluding carboxylic acids is 2. The van der Waals surface area contributed by atoms with Crippen molar-refractivity contribution < 1.29 is 37.0 Å². The number of rotatable bonds is 5. The summed E-state index contributed by atoms with van der Waals surface area (Å²) in [7, 11) is 1.52. The molecule has 2 amide bonds. The highest BCUT2D eigenvalue weighted by molar-refractivity contribution is 6.06. The summed E-state index contributed by atoms with van der Waals surface area (Å²) < 4.78 is 52.4. The number of amides is 2. The highest BCUT2D eigenvalue weighted by Crippen LogP contribution is 2.53. The lowest BCUT2D eigenvalue weighted by atomic mass is 9.77. The minimum absolute atomic E-state index is 0.247. The molecule has 0 saturated carbocycles. The Morgan fingerprint density at radius 1 is 1.18 bits per heavy atom. The zero-order chi connectivity index (χ0) is 23.4. The lowest BCUT2D eigenvalue weighted by molar-refractivity contribution is -0.274. The summed E-state index contributed by atoms with van der Waals surface area (Å²) in [6.45, 7) is 0.247. The van der Waals surface area contributed by atoms with E-state index in [0.717, 1.165) is 12.1 Å². The zero-order valence-electron chi connectivity index (χ0n) is 17.3. The van der Waals surface area contributed by atoms with E-state index in [-0.39, 0.29) is 18.1 Å². The summed E-state index contributed by atoms with van der Waals surface area (Å²) in [5, 5.41) is 2.68.